The van der Waals surface area contributed by atoms with Crippen molar-refractivity contribution in [1.29, 1.82) is 0 Å². The van der Waals surface area contributed by atoms with E-state index in [0.717, 1.165) is 25.3 Å². The van der Waals surface area contributed by atoms with Gasteiger partial charge in [-0.1, -0.05) is 18.2 Å². The Kier molecular flexibility index (Phi) is 4.38. The summed E-state index contributed by atoms with van der Waals surface area (Å²) in [5.74, 6) is 0.570. The molecule has 1 aromatic carbocycles. The molecule has 4 nitrogen and oxygen atoms in total. The molecule has 0 radical (unpaired) electrons. The highest BCUT2D eigenvalue weighted by Crippen LogP contribution is 2.32. The highest BCUT2D eigenvalue weighted by atomic mass is 79.9. The number of thiophene rings is 1. The molecule has 4 aromatic rings. The Labute approximate surface area is 156 Å². The number of aromatic nitrogens is 1. The van der Waals surface area contributed by atoms with E-state index in [1.807, 2.05) is 48.5 Å². The van der Waals surface area contributed by atoms with E-state index in [-0.39, 0.29) is 5.91 Å². The molecule has 6 heteroatoms. The maximum atomic E-state index is 12.8. The molecule has 3 aromatic heterocycles. The van der Waals surface area contributed by atoms with Crippen LogP contribution in [0, 0.1) is 0 Å². The lowest BCUT2D eigenvalue weighted by Gasteiger charge is -2.09. The van der Waals surface area contributed by atoms with Crippen LogP contribution < -0.4 is 5.32 Å². The van der Waals surface area contributed by atoms with E-state index >= 15 is 0 Å². The molecule has 25 heavy (non-hydrogen) atoms. The molecule has 0 aliphatic rings. The van der Waals surface area contributed by atoms with Gasteiger partial charge < -0.3 is 9.73 Å². The summed E-state index contributed by atoms with van der Waals surface area (Å²) >= 11 is 5.06. The molecule has 0 bridgehead atoms. The van der Waals surface area contributed by atoms with E-state index in [2.05, 4.69) is 21.2 Å². The first-order chi connectivity index (χ1) is 12.2. The Hall–Kier alpha value is -2.44. The fourth-order valence-electron chi connectivity index (χ4n) is 2.62. The van der Waals surface area contributed by atoms with Crippen molar-refractivity contribution in [3.63, 3.8) is 0 Å². The highest BCUT2D eigenvalue weighted by molar-refractivity contribution is 9.11. The van der Waals surface area contributed by atoms with Gasteiger partial charge in [-0.15, -0.1) is 11.3 Å². The molecule has 1 amide bonds. The van der Waals surface area contributed by atoms with Gasteiger partial charge in [-0.2, -0.15) is 0 Å². The monoisotopic (exact) mass is 412 g/mol. The van der Waals surface area contributed by atoms with Crippen molar-refractivity contribution < 1.29 is 9.21 Å². The van der Waals surface area contributed by atoms with E-state index in [9.17, 15) is 4.79 Å². The number of benzene rings is 1. The quantitative estimate of drug-likeness (QED) is 0.497. The number of carbonyl (C=O) groups is 1. The molecule has 0 unspecified atom stereocenters. The normalized spacial score (nSPS) is 10.9. The van der Waals surface area contributed by atoms with Gasteiger partial charge in [-0.3, -0.25) is 4.79 Å². The fraction of sp³-hybridized carbons (Fsp3) is 0.0526. The third-order valence-electron chi connectivity index (χ3n) is 3.79. The van der Waals surface area contributed by atoms with Gasteiger partial charge in [0, 0.05) is 5.39 Å². The van der Waals surface area contributed by atoms with E-state index < -0.39 is 0 Å². The van der Waals surface area contributed by atoms with Crippen LogP contribution in [-0.2, 0) is 6.54 Å². The summed E-state index contributed by atoms with van der Waals surface area (Å²) in [5, 5.41) is 3.74. The summed E-state index contributed by atoms with van der Waals surface area (Å²) in [6.45, 7) is 0.350. The minimum absolute atomic E-state index is 0.146. The zero-order valence-electron chi connectivity index (χ0n) is 13.0. The van der Waals surface area contributed by atoms with Gasteiger partial charge >= 0.3 is 0 Å². The topological polar surface area (TPSA) is 55.1 Å². The van der Waals surface area contributed by atoms with Crippen LogP contribution >= 0.6 is 27.3 Å². The van der Waals surface area contributed by atoms with Crippen LogP contribution in [0.5, 0.6) is 0 Å². The van der Waals surface area contributed by atoms with Crippen molar-refractivity contribution in [2.45, 2.75) is 6.54 Å². The molecule has 0 saturated heterocycles. The summed E-state index contributed by atoms with van der Waals surface area (Å²) in [5.41, 5.74) is 2.20. The molecular weight excluding hydrogens is 400 g/mol. The first kappa shape index (κ1) is 16.1. The molecule has 4 rings (SSSR count). The number of furan rings is 1. The van der Waals surface area contributed by atoms with Crippen LogP contribution in [0.3, 0.4) is 0 Å². The zero-order valence-corrected chi connectivity index (χ0v) is 15.4. The zero-order chi connectivity index (χ0) is 17.2. The molecule has 0 spiro atoms. The predicted octanol–water partition coefficient (Wildman–Crippen LogP) is 5.25. The van der Waals surface area contributed by atoms with E-state index in [1.54, 1.807) is 23.7 Å². The van der Waals surface area contributed by atoms with Crippen molar-refractivity contribution in [3.05, 3.63) is 76.0 Å². The van der Waals surface area contributed by atoms with Crippen LogP contribution in [0.2, 0.25) is 0 Å². The molecule has 0 aliphatic heterocycles. The minimum Gasteiger partial charge on any atom is -0.467 e. The van der Waals surface area contributed by atoms with E-state index in [1.165, 1.54) is 0 Å². The number of nitrogens with one attached hydrogen (secondary N) is 1. The Morgan fingerprint density at radius 1 is 1.16 bits per heavy atom. The highest BCUT2D eigenvalue weighted by Gasteiger charge is 2.15. The minimum atomic E-state index is -0.146. The fourth-order valence-corrected chi connectivity index (χ4v) is 3.96. The number of nitrogens with zero attached hydrogens (tertiary/aromatic N) is 1. The molecule has 3 heterocycles. The summed E-state index contributed by atoms with van der Waals surface area (Å²) < 4.78 is 6.30. The predicted molar refractivity (Wildman–Crippen MR) is 103 cm³/mol. The van der Waals surface area contributed by atoms with E-state index in [0.29, 0.717) is 17.9 Å². The number of carbonyl (C=O) groups excluding carboxylic acids is 1. The summed E-state index contributed by atoms with van der Waals surface area (Å²) in [7, 11) is 0. The molecule has 0 atom stereocenters. The van der Waals surface area contributed by atoms with Gasteiger partial charge in [0.05, 0.1) is 38.2 Å². The summed E-state index contributed by atoms with van der Waals surface area (Å²) in [4.78, 5) is 18.5. The van der Waals surface area contributed by atoms with Crippen molar-refractivity contribution in [3.8, 4) is 10.6 Å². The summed E-state index contributed by atoms with van der Waals surface area (Å²) in [6.07, 6.45) is 1.59. The lowest BCUT2D eigenvalue weighted by Crippen LogP contribution is -2.23. The number of pyridine rings is 1. The number of hydrogen-bond donors (Lipinski definition) is 1. The Balaban J connectivity index is 1.74. The lowest BCUT2D eigenvalue weighted by atomic mass is 10.1. The van der Waals surface area contributed by atoms with Crippen molar-refractivity contribution in [1.82, 2.24) is 10.3 Å². The maximum absolute atomic E-state index is 12.8. The van der Waals surface area contributed by atoms with Gasteiger partial charge in [-0.05, 0) is 52.3 Å². The SMILES string of the molecule is O=C(NCc1ccco1)c1cc(-c2ccc(Br)s2)nc2ccccc12. The first-order valence-electron chi connectivity index (χ1n) is 7.67. The molecule has 0 aliphatic carbocycles. The Morgan fingerprint density at radius 2 is 2.04 bits per heavy atom. The molecule has 1 N–H and O–H groups in total. The van der Waals surface area contributed by atoms with Crippen molar-refractivity contribution >= 4 is 44.1 Å². The third-order valence-corrected chi connectivity index (χ3v) is 5.44. The second-order valence-corrected chi connectivity index (χ2v) is 7.90. The van der Waals surface area contributed by atoms with Crippen LogP contribution in [-0.4, -0.2) is 10.9 Å². The number of hydrogen-bond acceptors (Lipinski definition) is 4. The number of rotatable bonds is 4. The van der Waals surface area contributed by atoms with Gasteiger partial charge in [0.15, 0.2) is 0 Å². The van der Waals surface area contributed by atoms with Crippen LogP contribution in [0.1, 0.15) is 16.1 Å². The summed E-state index contributed by atoms with van der Waals surface area (Å²) in [6, 6.07) is 17.1. The Morgan fingerprint density at radius 3 is 2.80 bits per heavy atom. The number of amides is 1. The maximum Gasteiger partial charge on any atom is 0.252 e. The average Bonchev–Trinajstić information content (AvgIpc) is 3.30. The van der Waals surface area contributed by atoms with E-state index in [4.69, 9.17) is 9.40 Å². The lowest BCUT2D eigenvalue weighted by molar-refractivity contribution is 0.0949. The van der Waals surface area contributed by atoms with Gasteiger partial charge in [0.1, 0.15) is 5.76 Å². The number of halogens is 1. The molecule has 124 valence electrons. The van der Waals surface area contributed by atoms with Gasteiger partial charge in [0.25, 0.3) is 5.91 Å². The van der Waals surface area contributed by atoms with Crippen LogP contribution in [0.15, 0.2) is 69.1 Å². The molecule has 0 fully saturated rings. The molecule has 0 saturated carbocycles. The third kappa shape index (κ3) is 3.36. The van der Waals surface area contributed by atoms with Gasteiger partial charge in [-0.25, -0.2) is 4.98 Å². The average molecular weight is 413 g/mol. The van der Waals surface area contributed by atoms with Crippen molar-refractivity contribution in [2.24, 2.45) is 0 Å². The number of para-hydroxylation sites is 1. The Bertz CT molecular complexity index is 1040. The van der Waals surface area contributed by atoms with Crippen molar-refractivity contribution in [2.75, 3.05) is 0 Å². The first-order valence-corrected chi connectivity index (χ1v) is 9.28. The smallest absolute Gasteiger partial charge is 0.252 e. The van der Waals surface area contributed by atoms with Crippen LogP contribution in [0.4, 0.5) is 0 Å². The second-order valence-electron chi connectivity index (χ2n) is 5.44. The second kappa shape index (κ2) is 6.82. The number of fused-ring (bicyclic) bond motifs is 1. The van der Waals surface area contributed by atoms with Crippen LogP contribution in [0.25, 0.3) is 21.5 Å². The van der Waals surface area contributed by atoms with Gasteiger partial charge in [0.2, 0.25) is 0 Å². The molecular formula is C19H13BrN2O2S. The largest absolute Gasteiger partial charge is 0.467 e. The standard InChI is InChI=1S/C19H13BrN2O2S/c20-18-8-7-17(25-18)16-10-14(13-5-1-2-6-15(13)22-16)19(23)21-11-12-4-3-9-24-12/h1-10H,11H2,(H,21,23).